The van der Waals surface area contributed by atoms with Crippen LogP contribution in [0.2, 0.25) is 0 Å². The van der Waals surface area contributed by atoms with Crippen molar-refractivity contribution >= 4 is 22.5 Å². The smallest absolute Gasteiger partial charge is 0.356 e. The maximum absolute atomic E-state index is 14.2. The lowest BCUT2D eigenvalue weighted by Gasteiger charge is -2.05. The van der Waals surface area contributed by atoms with Crippen molar-refractivity contribution in [2.45, 2.75) is 0 Å². The fourth-order valence-electron chi connectivity index (χ4n) is 2.70. The number of pyridine rings is 1. The highest BCUT2D eigenvalue weighted by molar-refractivity contribution is 5.87. The van der Waals surface area contributed by atoms with E-state index in [4.69, 9.17) is 5.11 Å². The number of aromatic nitrogens is 4. The van der Waals surface area contributed by atoms with Crippen LogP contribution in [0.3, 0.4) is 0 Å². The number of imidazole rings is 1. The second-order valence-electron chi connectivity index (χ2n) is 5.44. The van der Waals surface area contributed by atoms with Crippen molar-refractivity contribution in [3.8, 4) is 11.1 Å². The molecule has 8 heteroatoms. The SMILES string of the molecule is Cn1cc2cc(-c3cc(F)c4nc(C(=O)O)cn4c3)cc(F)c2n1. The van der Waals surface area contributed by atoms with Gasteiger partial charge in [0.2, 0.25) is 0 Å². The number of hydrogen-bond acceptors (Lipinski definition) is 3. The number of carbonyl (C=O) groups is 1. The maximum Gasteiger partial charge on any atom is 0.356 e. The van der Waals surface area contributed by atoms with Crippen LogP contribution >= 0.6 is 0 Å². The minimum absolute atomic E-state index is 0.0981. The van der Waals surface area contributed by atoms with Crippen molar-refractivity contribution in [1.29, 1.82) is 0 Å². The summed E-state index contributed by atoms with van der Waals surface area (Å²) >= 11 is 0. The molecule has 6 nitrogen and oxygen atoms in total. The van der Waals surface area contributed by atoms with Gasteiger partial charge in [-0.3, -0.25) is 4.68 Å². The van der Waals surface area contributed by atoms with E-state index in [1.54, 1.807) is 19.3 Å². The van der Waals surface area contributed by atoms with Crippen LogP contribution in [-0.2, 0) is 7.05 Å². The largest absolute Gasteiger partial charge is 0.476 e. The fraction of sp³-hybridized carbons (Fsp3) is 0.0625. The van der Waals surface area contributed by atoms with Gasteiger partial charge in [0.1, 0.15) is 5.52 Å². The Morgan fingerprint density at radius 1 is 1.08 bits per heavy atom. The van der Waals surface area contributed by atoms with Gasteiger partial charge in [0.05, 0.1) is 0 Å². The van der Waals surface area contributed by atoms with E-state index in [1.807, 2.05) is 0 Å². The maximum atomic E-state index is 14.2. The van der Waals surface area contributed by atoms with Crippen LogP contribution in [0.1, 0.15) is 10.5 Å². The summed E-state index contributed by atoms with van der Waals surface area (Å²) in [5, 5.41) is 13.6. The molecule has 0 fully saturated rings. The van der Waals surface area contributed by atoms with Gasteiger partial charge in [-0.1, -0.05) is 0 Å². The monoisotopic (exact) mass is 328 g/mol. The number of hydrogen-bond donors (Lipinski definition) is 1. The molecule has 0 spiro atoms. The van der Waals surface area contributed by atoms with Gasteiger partial charge in [0.15, 0.2) is 23.0 Å². The zero-order valence-electron chi connectivity index (χ0n) is 12.4. The normalized spacial score (nSPS) is 11.5. The molecule has 0 atom stereocenters. The molecule has 3 heterocycles. The topological polar surface area (TPSA) is 72.4 Å². The van der Waals surface area contributed by atoms with Crippen molar-refractivity contribution in [1.82, 2.24) is 19.2 Å². The molecule has 24 heavy (non-hydrogen) atoms. The van der Waals surface area contributed by atoms with Gasteiger partial charge in [0.25, 0.3) is 0 Å². The molecule has 0 amide bonds. The summed E-state index contributed by atoms with van der Waals surface area (Å²) in [4.78, 5) is 14.7. The summed E-state index contributed by atoms with van der Waals surface area (Å²) in [5.74, 6) is -2.45. The zero-order valence-corrected chi connectivity index (χ0v) is 12.4. The van der Waals surface area contributed by atoms with Crippen molar-refractivity contribution < 1.29 is 18.7 Å². The predicted octanol–water partition coefficient (Wildman–Crippen LogP) is 2.86. The summed E-state index contributed by atoms with van der Waals surface area (Å²) < 4.78 is 31.2. The minimum atomic E-state index is -1.25. The molecule has 0 saturated heterocycles. The first-order chi connectivity index (χ1) is 11.4. The lowest BCUT2D eigenvalue weighted by atomic mass is 10.1. The molecule has 1 aromatic carbocycles. The van der Waals surface area contributed by atoms with E-state index in [0.717, 1.165) is 0 Å². The number of benzene rings is 1. The van der Waals surface area contributed by atoms with Gasteiger partial charge in [-0.15, -0.1) is 0 Å². The minimum Gasteiger partial charge on any atom is -0.476 e. The van der Waals surface area contributed by atoms with Crippen molar-refractivity contribution in [2.24, 2.45) is 7.05 Å². The summed E-state index contributed by atoms with van der Waals surface area (Å²) in [6, 6.07) is 4.16. The van der Waals surface area contributed by atoms with Crippen molar-refractivity contribution in [3.05, 3.63) is 54.1 Å². The molecule has 1 N–H and O–H groups in total. The van der Waals surface area contributed by atoms with Gasteiger partial charge in [-0.25, -0.2) is 18.6 Å². The molecule has 0 aliphatic rings. The molecule has 0 unspecified atom stereocenters. The number of rotatable bonds is 2. The van der Waals surface area contributed by atoms with Crippen LogP contribution in [0.25, 0.3) is 27.7 Å². The van der Waals surface area contributed by atoms with Crippen LogP contribution in [0.15, 0.2) is 36.8 Å². The number of halogens is 2. The molecule has 0 aliphatic heterocycles. The first-order valence-electron chi connectivity index (χ1n) is 6.97. The Labute approximate surface area is 133 Å². The first kappa shape index (κ1) is 14.3. The molecular formula is C16H10F2N4O2. The van der Waals surface area contributed by atoms with Gasteiger partial charge in [0, 0.05) is 36.6 Å². The van der Waals surface area contributed by atoms with E-state index in [-0.39, 0.29) is 16.9 Å². The highest BCUT2D eigenvalue weighted by Crippen LogP contribution is 2.27. The quantitative estimate of drug-likeness (QED) is 0.614. The van der Waals surface area contributed by atoms with E-state index in [2.05, 4.69) is 10.1 Å². The number of carboxylic acid groups (broad SMARTS) is 1. The molecule has 0 saturated carbocycles. The van der Waals surface area contributed by atoms with E-state index in [0.29, 0.717) is 16.5 Å². The lowest BCUT2D eigenvalue weighted by molar-refractivity contribution is 0.0691. The Balaban J connectivity index is 1.94. The summed E-state index contributed by atoms with van der Waals surface area (Å²) in [7, 11) is 1.68. The van der Waals surface area contributed by atoms with Gasteiger partial charge in [-0.05, 0) is 23.8 Å². The van der Waals surface area contributed by atoms with Crippen LogP contribution in [0.4, 0.5) is 8.78 Å². The van der Waals surface area contributed by atoms with Gasteiger partial charge >= 0.3 is 5.97 Å². The van der Waals surface area contributed by atoms with Crippen LogP contribution < -0.4 is 0 Å². The second kappa shape index (κ2) is 4.85. The summed E-state index contributed by atoms with van der Waals surface area (Å²) in [6.45, 7) is 0. The Morgan fingerprint density at radius 2 is 1.83 bits per heavy atom. The standard InChI is InChI=1S/C16H10F2N4O2/c1-21-5-10-2-8(3-11(17)14(10)20-21)9-4-12(18)15-19-13(16(23)24)7-22(15)6-9/h2-7H,1H3,(H,23,24). The second-order valence-corrected chi connectivity index (χ2v) is 5.44. The Kier molecular flexibility index (Phi) is 2.89. The van der Waals surface area contributed by atoms with Crippen LogP contribution in [-0.4, -0.2) is 30.2 Å². The average molecular weight is 328 g/mol. The first-order valence-corrected chi connectivity index (χ1v) is 6.97. The van der Waals surface area contributed by atoms with Crippen LogP contribution in [0.5, 0.6) is 0 Å². The molecule has 0 bridgehead atoms. The molecule has 4 rings (SSSR count). The Morgan fingerprint density at radius 3 is 2.58 bits per heavy atom. The third kappa shape index (κ3) is 2.11. The fourth-order valence-corrected chi connectivity index (χ4v) is 2.70. The highest BCUT2D eigenvalue weighted by Gasteiger charge is 2.15. The van der Waals surface area contributed by atoms with E-state index < -0.39 is 17.6 Å². The average Bonchev–Trinajstić information content (AvgIpc) is 3.10. The molecule has 0 aliphatic carbocycles. The molecule has 4 aromatic rings. The lowest BCUT2D eigenvalue weighted by Crippen LogP contribution is -1.95. The molecule has 0 radical (unpaired) electrons. The van der Waals surface area contributed by atoms with Crippen molar-refractivity contribution in [2.75, 3.05) is 0 Å². The number of fused-ring (bicyclic) bond motifs is 2. The van der Waals surface area contributed by atoms with Gasteiger partial charge in [-0.2, -0.15) is 5.10 Å². The molecular weight excluding hydrogens is 318 g/mol. The Bertz CT molecular complexity index is 1130. The Hall–Kier alpha value is -3.29. The molecule has 3 aromatic heterocycles. The van der Waals surface area contributed by atoms with E-state index >= 15 is 0 Å². The zero-order chi connectivity index (χ0) is 17.0. The van der Waals surface area contributed by atoms with E-state index in [1.165, 1.54) is 33.6 Å². The third-order valence-electron chi connectivity index (χ3n) is 3.74. The van der Waals surface area contributed by atoms with Crippen LogP contribution in [0, 0.1) is 11.6 Å². The number of aromatic carboxylic acids is 1. The number of nitrogens with zero attached hydrogens (tertiary/aromatic N) is 4. The summed E-state index contributed by atoms with van der Waals surface area (Å²) in [6.07, 6.45) is 4.38. The third-order valence-corrected chi connectivity index (χ3v) is 3.74. The van der Waals surface area contributed by atoms with E-state index in [9.17, 15) is 13.6 Å². The van der Waals surface area contributed by atoms with Crippen molar-refractivity contribution in [3.63, 3.8) is 0 Å². The number of aryl methyl sites for hydroxylation is 1. The number of carboxylic acids is 1. The highest BCUT2D eigenvalue weighted by atomic mass is 19.1. The summed E-state index contributed by atoms with van der Waals surface area (Å²) in [5.41, 5.74) is 0.732. The molecule has 120 valence electrons. The van der Waals surface area contributed by atoms with Gasteiger partial charge < -0.3 is 9.51 Å². The predicted molar refractivity (Wildman–Crippen MR) is 81.8 cm³/mol.